The van der Waals surface area contributed by atoms with E-state index in [0.29, 0.717) is 6.54 Å². The second kappa shape index (κ2) is 6.17. The number of hydrogen-bond donors (Lipinski definition) is 2. The van der Waals surface area contributed by atoms with Crippen LogP contribution in [0.5, 0.6) is 0 Å². The van der Waals surface area contributed by atoms with Crippen molar-refractivity contribution < 1.29 is 9.90 Å². The first-order valence-corrected chi connectivity index (χ1v) is 7.19. The van der Waals surface area contributed by atoms with Crippen molar-refractivity contribution in [1.82, 2.24) is 5.32 Å². The first-order valence-electron chi connectivity index (χ1n) is 6.25. The van der Waals surface area contributed by atoms with Crippen molar-refractivity contribution in [2.24, 2.45) is 5.92 Å². The van der Waals surface area contributed by atoms with Gasteiger partial charge in [-0.05, 0) is 35.2 Å². The van der Waals surface area contributed by atoms with E-state index in [4.69, 9.17) is 0 Å². The Morgan fingerprint density at radius 1 is 1.47 bits per heavy atom. The summed E-state index contributed by atoms with van der Waals surface area (Å²) in [6, 6.07) is 1.89. The molecular formula is C13H19NO2S. The summed E-state index contributed by atoms with van der Waals surface area (Å²) in [5.41, 5.74) is 0.888. The maximum Gasteiger partial charge on any atom is 0.223 e. The summed E-state index contributed by atoms with van der Waals surface area (Å²) in [7, 11) is 0. The predicted octanol–water partition coefficient (Wildman–Crippen LogP) is 2.48. The molecule has 1 aliphatic rings. The smallest absolute Gasteiger partial charge is 0.223 e. The lowest BCUT2D eigenvalue weighted by molar-refractivity contribution is -0.126. The molecule has 2 N–H and O–H groups in total. The fourth-order valence-corrected chi connectivity index (χ4v) is 3.00. The highest BCUT2D eigenvalue weighted by Gasteiger charge is 2.21. The van der Waals surface area contributed by atoms with Crippen LogP contribution in [0.4, 0.5) is 0 Å². The van der Waals surface area contributed by atoms with Gasteiger partial charge in [0.2, 0.25) is 5.91 Å². The third-order valence-electron chi connectivity index (χ3n) is 3.37. The van der Waals surface area contributed by atoms with Crippen molar-refractivity contribution in [2.45, 2.75) is 38.2 Å². The van der Waals surface area contributed by atoms with Gasteiger partial charge in [-0.3, -0.25) is 4.79 Å². The summed E-state index contributed by atoms with van der Waals surface area (Å²) >= 11 is 1.56. The zero-order chi connectivity index (χ0) is 12.1. The van der Waals surface area contributed by atoms with Crippen LogP contribution in [0.15, 0.2) is 16.8 Å². The van der Waals surface area contributed by atoms with E-state index < -0.39 is 6.10 Å². The van der Waals surface area contributed by atoms with Gasteiger partial charge in [0.05, 0.1) is 6.10 Å². The molecule has 1 saturated carbocycles. The summed E-state index contributed by atoms with van der Waals surface area (Å²) < 4.78 is 0. The fraction of sp³-hybridized carbons (Fsp3) is 0.615. The fourth-order valence-electron chi connectivity index (χ4n) is 2.29. The van der Waals surface area contributed by atoms with E-state index in [-0.39, 0.29) is 11.8 Å². The van der Waals surface area contributed by atoms with E-state index in [1.807, 2.05) is 16.8 Å². The minimum atomic E-state index is -0.575. The normalized spacial score (nSPS) is 18.9. The summed E-state index contributed by atoms with van der Waals surface area (Å²) in [6.07, 6.45) is 4.99. The van der Waals surface area contributed by atoms with Gasteiger partial charge in [-0.25, -0.2) is 0 Å². The third-order valence-corrected chi connectivity index (χ3v) is 4.08. The molecule has 1 atom stereocenters. The Balaban J connectivity index is 1.75. The van der Waals surface area contributed by atoms with Crippen LogP contribution in [-0.2, 0) is 4.79 Å². The molecule has 4 heteroatoms. The lowest BCUT2D eigenvalue weighted by Gasteiger charge is -2.21. The molecule has 1 aromatic rings. The maximum atomic E-state index is 11.9. The zero-order valence-corrected chi connectivity index (χ0v) is 10.7. The standard InChI is InChI=1S/C13H19NO2S/c15-12(11-6-7-17-9-11)8-14-13(16)10-4-2-1-3-5-10/h6-7,9-10,12,15H,1-5,8H2,(H,14,16). The maximum absolute atomic E-state index is 11.9. The molecule has 1 amide bonds. The molecule has 1 aliphatic carbocycles. The van der Waals surface area contributed by atoms with E-state index in [9.17, 15) is 9.90 Å². The molecule has 1 heterocycles. The van der Waals surface area contributed by atoms with Gasteiger partial charge in [0, 0.05) is 12.5 Å². The zero-order valence-electron chi connectivity index (χ0n) is 9.89. The molecule has 0 radical (unpaired) electrons. The number of amides is 1. The number of hydrogen-bond acceptors (Lipinski definition) is 3. The molecule has 0 spiro atoms. The lowest BCUT2D eigenvalue weighted by atomic mass is 9.88. The first kappa shape index (κ1) is 12.6. The second-order valence-corrected chi connectivity index (χ2v) is 5.43. The molecular weight excluding hydrogens is 234 g/mol. The van der Waals surface area contributed by atoms with Gasteiger partial charge in [-0.15, -0.1) is 0 Å². The van der Waals surface area contributed by atoms with Crippen molar-refractivity contribution in [3.8, 4) is 0 Å². The van der Waals surface area contributed by atoms with Crippen molar-refractivity contribution in [3.63, 3.8) is 0 Å². The highest BCUT2D eigenvalue weighted by atomic mass is 32.1. The van der Waals surface area contributed by atoms with Gasteiger partial charge in [0.15, 0.2) is 0 Å². The van der Waals surface area contributed by atoms with Crippen LogP contribution in [-0.4, -0.2) is 17.6 Å². The molecule has 0 bridgehead atoms. The van der Waals surface area contributed by atoms with E-state index in [0.717, 1.165) is 31.2 Å². The van der Waals surface area contributed by atoms with Crippen LogP contribution in [0, 0.1) is 5.92 Å². The topological polar surface area (TPSA) is 49.3 Å². The van der Waals surface area contributed by atoms with E-state index >= 15 is 0 Å². The number of thiophene rings is 1. The minimum absolute atomic E-state index is 0.110. The van der Waals surface area contributed by atoms with Crippen molar-refractivity contribution in [3.05, 3.63) is 22.4 Å². The largest absolute Gasteiger partial charge is 0.387 e. The lowest BCUT2D eigenvalue weighted by Crippen LogP contribution is -2.34. The molecule has 1 unspecified atom stereocenters. The summed E-state index contributed by atoms with van der Waals surface area (Å²) in [5, 5.41) is 16.6. The summed E-state index contributed by atoms with van der Waals surface area (Å²) in [5.74, 6) is 0.275. The van der Waals surface area contributed by atoms with Gasteiger partial charge in [0.25, 0.3) is 0 Å². The van der Waals surface area contributed by atoms with Crippen molar-refractivity contribution in [2.75, 3.05) is 6.54 Å². The summed E-state index contributed by atoms with van der Waals surface area (Å²) in [6.45, 7) is 0.325. The Morgan fingerprint density at radius 3 is 2.88 bits per heavy atom. The Morgan fingerprint density at radius 2 is 2.24 bits per heavy atom. The predicted molar refractivity (Wildman–Crippen MR) is 68.9 cm³/mol. The van der Waals surface area contributed by atoms with Gasteiger partial charge < -0.3 is 10.4 Å². The van der Waals surface area contributed by atoms with Crippen molar-refractivity contribution >= 4 is 17.2 Å². The van der Waals surface area contributed by atoms with Crippen LogP contribution in [0.2, 0.25) is 0 Å². The summed E-state index contributed by atoms with van der Waals surface area (Å²) in [4.78, 5) is 11.9. The third kappa shape index (κ3) is 3.54. The first-order chi connectivity index (χ1) is 8.27. The number of aliphatic hydroxyl groups is 1. The van der Waals surface area contributed by atoms with Crippen LogP contribution in [0.1, 0.15) is 43.8 Å². The Kier molecular flexibility index (Phi) is 4.57. The average molecular weight is 253 g/mol. The van der Waals surface area contributed by atoms with Gasteiger partial charge >= 0.3 is 0 Å². The Labute approximate surface area is 106 Å². The number of nitrogens with one attached hydrogen (secondary N) is 1. The van der Waals surface area contributed by atoms with E-state index in [1.165, 1.54) is 6.42 Å². The van der Waals surface area contributed by atoms with Gasteiger partial charge in [0.1, 0.15) is 0 Å². The number of rotatable bonds is 4. The Bertz CT molecular complexity index is 344. The number of carbonyl (C=O) groups excluding carboxylic acids is 1. The molecule has 2 rings (SSSR count). The molecule has 17 heavy (non-hydrogen) atoms. The van der Waals surface area contributed by atoms with Gasteiger partial charge in [-0.1, -0.05) is 19.3 Å². The quantitative estimate of drug-likeness (QED) is 0.866. The van der Waals surface area contributed by atoms with Gasteiger partial charge in [-0.2, -0.15) is 11.3 Å². The van der Waals surface area contributed by atoms with Crippen LogP contribution < -0.4 is 5.32 Å². The number of aliphatic hydroxyl groups excluding tert-OH is 1. The highest BCUT2D eigenvalue weighted by Crippen LogP contribution is 2.23. The van der Waals surface area contributed by atoms with E-state index in [1.54, 1.807) is 11.3 Å². The van der Waals surface area contributed by atoms with Crippen molar-refractivity contribution in [1.29, 1.82) is 0 Å². The monoisotopic (exact) mass is 253 g/mol. The molecule has 0 saturated heterocycles. The molecule has 1 aromatic heterocycles. The van der Waals surface area contributed by atoms with Crippen LogP contribution in [0.3, 0.4) is 0 Å². The molecule has 3 nitrogen and oxygen atoms in total. The number of carbonyl (C=O) groups is 1. The minimum Gasteiger partial charge on any atom is -0.387 e. The SMILES string of the molecule is O=C(NCC(O)c1ccsc1)C1CCCCC1. The Hall–Kier alpha value is -0.870. The van der Waals surface area contributed by atoms with E-state index in [2.05, 4.69) is 5.32 Å². The molecule has 0 aliphatic heterocycles. The molecule has 0 aromatic carbocycles. The average Bonchev–Trinajstić information content (AvgIpc) is 2.90. The van der Waals surface area contributed by atoms with Crippen LogP contribution >= 0.6 is 11.3 Å². The molecule has 1 fully saturated rings. The van der Waals surface area contributed by atoms with Crippen LogP contribution in [0.25, 0.3) is 0 Å². The second-order valence-electron chi connectivity index (χ2n) is 4.65. The highest BCUT2D eigenvalue weighted by molar-refractivity contribution is 7.07. The molecule has 94 valence electrons.